The van der Waals surface area contributed by atoms with Gasteiger partial charge >= 0.3 is 0 Å². The molecule has 2 heterocycles. The van der Waals surface area contributed by atoms with Gasteiger partial charge in [-0.2, -0.15) is 0 Å². The van der Waals surface area contributed by atoms with Crippen molar-refractivity contribution in [2.24, 2.45) is 5.92 Å². The van der Waals surface area contributed by atoms with Crippen molar-refractivity contribution in [3.63, 3.8) is 0 Å². The van der Waals surface area contributed by atoms with Crippen molar-refractivity contribution in [1.29, 1.82) is 0 Å². The third kappa shape index (κ3) is 3.51. The fourth-order valence-electron chi connectivity index (χ4n) is 1.95. The second-order valence-corrected chi connectivity index (χ2v) is 4.04. The van der Waals surface area contributed by atoms with Crippen LogP contribution in [-0.2, 0) is 0 Å². The van der Waals surface area contributed by atoms with Gasteiger partial charge in [-0.1, -0.05) is 0 Å². The van der Waals surface area contributed by atoms with Crippen LogP contribution in [0, 0.1) is 5.92 Å². The van der Waals surface area contributed by atoms with Gasteiger partial charge in [0.15, 0.2) is 0 Å². The molecule has 1 aromatic heterocycles. The lowest BCUT2D eigenvalue weighted by Gasteiger charge is -2.22. The molecule has 1 aliphatic rings. The van der Waals surface area contributed by atoms with Crippen LogP contribution in [0.5, 0.6) is 5.75 Å². The first-order valence-corrected chi connectivity index (χ1v) is 5.69. The molecule has 0 bridgehead atoms. The highest BCUT2D eigenvalue weighted by molar-refractivity contribution is 5.15. The summed E-state index contributed by atoms with van der Waals surface area (Å²) in [4.78, 5) is 4.01. The van der Waals surface area contributed by atoms with Gasteiger partial charge in [-0.3, -0.25) is 4.98 Å². The van der Waals surface area contributed by atoms with Crippen molar-refractivity contribution >= 4 is 0 Å². The van der Waals surface area contributed by atoms with E-state index in [0.717, 1.165) is 31.2 Å². The van der Waals surface area contributed by atoms with Gasteiger partial charge in [-0.05, 0) is 50.4 Å². The van der Waals surface area contributed by atoms with E-state index >= 15 is 0 Å². The minimum atomic E-state index is 0.787. The maximum absolute atomic E-state index is 5.62. The summed E-state index contributed by atoms with van der Waals surface area (Å²) in [7, 11) is 0. The van der Waals surface area contributed by atoms with E-state index in [1.807, 2.05) is 12.1 Å². The topological polar surface area (TPSA) is 34.1 Å². The monoisotopic (exact) mass is 206 g/mol. The minimum absolute atomic E-state index is 0.787. The molecule has 0 aliphatic carbocycles. The van der Waals surface area contributed by atoms with E-state index in [4.69, 9.17) is 4.74 Å². The highest BCUT2D eigenvalue weighted by Gasteiger charge is 2.12. The van der Waals surface area contributed by atoms with E-state index in [-0.39, 0.29) is 0 Å². The molecule has 0 aromatic carbocycles. The first-order valence-electron chi connectivity index (χ1n) is 5.69. The Kier molecular flexibility index (Phi) is 3.97. The summed E-state index contributed by atoms with van der Waals surface area (Å²) in [6.45, 7) is 3.13. The summed E-state index contributed by atoms with van der Waals surface area (Å²) >= 11 is 0. The van der Waals surface area contributed by atoms with E-state index in [0.29, 0.717) is 0 Å². The van der Waals surface area contributed by atoms with E-state index in [9.17, 15) is 0 Å². The number of rotatable bonds is 4. The molecule has 1 fully saturated rings. The van der Waals surface area contributed by atoms with Gasteiger partial charge in [0.25, 0.3) is 0 Å². The fraction of sp³-hybridized carbons (Fsp3) is 0.583. The van der Waals surface area contributed by atoms with Crippen LogP contribution < -0.4 is 10.1 Å². The van der Waals surface area contributed by atoms with Crippen LogP contribution in [-0.4, -0.2) is 24.7 Å². The Bertz CT molecular complexity index is 270. The second-order valence-electron chi connectivity index (χ2n) is 4.04. The Morgan fingerprint density at radius 1 is 1.53 bits per heavy atom. The lowest BCUT2D eigenvalue weighted by Crippen LogP contribution is -2.30. The van der Waals surface area contributed by atoms with E-state index < -0.39 is 0 Å². The molecule has 1 aromatic rings. The molecule has 0 radical (unpaired) electrons. The van der Waals surface area contributed by atoms with Crippen LogP contribution in [0.15, 0.2) is 24.5 Å². The molecule has 2 rings (SSSR count). The number of ether oxygens (including phenoxy) is 1. The van der Waals surface area contributed by atoms with Gasteiger partial charge < -0.3 is 10.1 Å². The number of hydrogen-bond donors (Lipinski definition) is 1. The zero-order chi connectivity index (χ0) is 10.3. The second kappa shape index (κ2) is 5.71. The fourth-order valence-corrected chi connectivity index (χ4v) is 1.95. The SMILES string of the molecule is c1cncc(OCC[C@H]2CCCNC2)c1. The van der Waals surface area contributed by atoms with Crippen molar-refractivity contribution in [1.82, 2.24) is 10.3 Å². The molecular weight excluding hydrogens is 188 g/mol. The van der Waals surface area contributed by atoms with Gasteiger partial charge in [0, 0.05) is 6.20 Å². The number of nitrogens with zero attached hydrogens (tertiary/aromatic N) is 1. The smallest absolute Gasteiger partial charge is 0.137 e. The molecule has 3 nitrogen and oxygen atoms in total. The summed E-state index contributed by atoms with van der Waals surface area (Å²) in [5.74, 6) is 1.66. The van der Waals surface area contributed by atoms with Crippen LogP contribution >= 0.6 is 0 Å². The molecule has 0 spiro atoms. The predicted octanol–water partition coefficient (Wildman–Crippen LogP) is 1.85. The molecule has 0 unspecified atom stereocenters. The zero-order valence-electron chi connectivity index (χ0n) is 8.98. The molecule has 3 heteroatoms. The maximum Gasteiger partial charge on any atom is 0.137 e. The van der Waals surface area contributed by atoms with E-state index in [2.05, 4.69) is 10.3 Å². The summed E-state index contributed by atoms with van der Waals surface area (Å²) in [6, 6.07) is 3.85. The van der Waals surface area contributed by atoms with Gasteiger partial charge in [0.1, 0.15) is 5.75 Å². The maximum atomic E-state index is 5.62. The van der Waals surface area contributed by atoms with Crippen molar-refractivity contribution in [3.8, 4) is 5.75 Å². The molecule has 1 aliphatic heterocycles. The predicted molar refractivity (Wildman–Crippen MR) is 59.9 cm³/mol. The average Bonchev–Trinajstić information content (AvgIpc) is 2.32. The van der Waals surface area contributed by atoms with Crippen LogP contribution in [0.1, 0.15) is 19.3 Å². The minimum Gasteiger partial charge on any atom is -0.492 e. The Hall–Kier alpha value is -1.09. The van der Waals surface area contributed by atoms with Crippen molar-refractivity contribution in [2.45, 2.75) is 19.3 Å². The summed E-state index contributed by atoms with van der Waals surface area (Å²) in [6.07, 6.45) is 7.31. The lowest BCUT2D eigenvalue weighted by atomic mass is 9.97. The normalized spacial score (nSPS) is 21.2. The number of piperidine rings is 1. The first-order chi connectivity index (χ1) is 7.45. The lowest BCUT2D eigenvalue weighted by molar-refractivity contribution is 0.253. The quantitative estimate of drug-likeness (QED) is 0.816. The van der Waals surface area contributed by atoms with Crippen molar-refractivity contribution < 1.29 is 4.74 Å². The molecular formula is C12H18N2O. The summed E-state index contributed by atoms with van der Waals surface area (Å²) in [5, 5.41) is 3.42. The van der Waals surface area contributed by atoms with Crippen LogP contribution in [0.25, 0.3) is 0 Å². The van der Waals surface area contributed by atoms with Crippen LogP contribution in [0.3, 0.4) is 0 Å². The summed E-state index contributed by atoms with van der Waals surface area (Å²) in [5.41, 5.74) is 0. The first kappa shape index (κ1) is 10.4. The number of pyridine rings is 1. The van der Waals surface area contributed by atoms with Crippen molar-refractivity contribution in [2.75, 3.05) is 19.7 Å². The van der Waals surface area contributed by atoms with Crippen LogP contribution in [0.2, 0.25) is 0 Å². The van der Waals surface area contributed by atoms with Crippen LogP contribution in [0.4, 0.5) is 0 Å². The highest BCUT2D eigenvalue weighted by Crippen LogP contribution is 2.15. The Morgan fingerprint density at radius 3 is 3.27 bits per heavy atom. The van der Waals surface area contributed by atoms with Gasteiger partial charge in [-0.25, -0.2) is 0 Å². The standard InChI is InChI=1S/C12H18N2O/c1-3-11(9-13-6-1)5-8-15-12-4-2-7-14-10-12/h2,4,7,10-11,13H,1,3,5-6,8-9H2/t11-/m1/s1. The number of nitrogens with one attached hydrogen (secondary N) is 1. The largest absolute Gasteiger partial charge is 0.492 e. The third-order valence-corrected chi connectivity index (χ3v) is 2.83. The Morgan fingerprint density at radius 2 is 2.53 bits per heavy atom. The number of hydrogen-bond acceptors (Lipinski definition) is 3. The van der Waals surface area contributed by atoms with Gasteiger partial charge in [-0.15, -0.1) is 0 Å². The van der Waals surface area contributed by atoms with Gasteiger partial charge in [0.05, 0.1) is 12.8 Å². The zero-order valence-corrected chi connectivity index (χ0v) is 8.98. The molecule has 82 valence electrons. The molecule has 0 saturated carbocycles. The van der Waals surface area contributed by atoms with Gasteiger partial charge in [0.2, 0.25) is 0 Å². The van der Waals surface area contributed by atoms with Crippen molar-refractivity contribution in [3.05, 3.63) is 24.5 Å². The average molecular weight is 206 g/mol. The Labute approximate surface area is 90.9 Å². The molecule has 1 N–H and O–H groups in total. The molecule has 1 atom stereocenters. The van der Waals surface area contributed by atoms with E-state index in [1.165, 1.54) is 19.4 Å². The summed E-state index contributed by atoms with van der Waals surface area (Å²) < 4.78 is 5.62. The Balaban J connectivity index is 1.66. The number of aromatic nitrogens is 1. The molecule has 15 heavy (non-hydrogen) atoms. The highest BCUT2D eigenvalue weighted by atomic mass is 16.5. The third-order valence-electron chi connectivity index (χ3n) is 2.83. The molecule has 0 amide bonds. The van der Waals surface area contributed by atoms with E-state index in [1.54, 1.807) is 12.4 Å². The molecule has 1 saturated heterocycles.